The lowest BCUT2D eigenvalue weighted by atomic mass is 10.0. The summed E-state index contributed by atoms with van der Waals surface area (Å²) < 4.78 is 13.7. The second-order valence-electron chi connectivity index (χ2n) is 4.52. The zero-order valence-corrected chi connectivity index (χ0v) is 11.0. The Hall–Kier alpha value is -1.13. The van der Waals surface area contributed by atoms with Crippen LogP contribution in [-0.4, -0.2) is 37.0 Å². The minimum absolute atomic E-state index is 0.0837. The van der Waals surface area contributed by atoms with Crippen molar-refractivity contribution in [1.82, 2.24) is 10.2 Å². The summed E-state index contributed by atoms with van der Waals surface area (Å²) in [5.41, 5.74) is 0.0837. The van der Waals surface area contributed by atoms with Crippen molar-refractivity contribution < 1.29 is 9.18 Å². The van der Waals surface area contributed by atoms with E-state index >= 15 is 0 Å². The molecule has 1 amide bonds. The van der Waals surface area contributed by atoms with Crippen molar-refractivity contribution in [3.8, 4) is 0 Å². The summed E-state index contributed by atoms with van der Waals surface area (Å²) in [4.78, 5) is 13.8. The Morgan fingerprint density at radius 3 is 2.72 bits per heavy atom. The number of carbonyl (C=O) groups is 1. The summed E-state index contributed by atoms with van der Waals surface area (Å²) >= 11 is 5.68. The number of benzene rings is 1. The quantitative estimate of drug-likeness (QED) is 0.894. The van der Waals surface area contributed by atoms with Gasteiger partial charge in [0.2, 0.25) is 0 Å². The van der Waals surface area contributed by atoms with Crippen molar-refractivity contribution in [2.24, 2.45) is 0 Å². The Kier molecular flexibility index (Phi) is 4.19. The van der Waals surface area contributed by atoms with Gasteiger partial charge in [-0.25, -0.2) is 4.39 Å². The van der Waals surface area contributed by atoms with E-state index in [0.29, 0.717) is 5.02 Å². The molecule has 1 heterocycles. The van der Waals surface area contributed by atoms with E-state index in [1.165, 1.54) is 18.2 Å². The van der Waals surface area contributed by atoms with E-state index in [-0.39, 0.29) is 17.5 Å². The van der Waals surface area contributed by atoms with Gasteiger partial charge in [0.05, 0.1) is 5.56 Å². The highest BCUT2D eigenvalue weighted by atomic mass is 35.5. The van der Waals surface area contributed by atoms with Crippen molar-refractivity contribution in [2.45, 2.75) is 18.9 Å². The maximum absolute atomic E-state index is 13.7. The van der Waals surface area contributed by atoms with Crippen molar-refractivity contribution >= 4 is 17.5 Å². The highest BCUT2D eigenvalue weighted by molar-refractivity contribution is 6.30. The van der Waals surface area contributed by atoms with Gasteiger partial charge in [-0.05, 0) is 44.1 Å². The zero-order chi connectivity index (χ0) is 13.1. The average molecular weight is 271 g/mol. The van der Waals surface area contributed by atoms with Crippen molar-refractivity contribution in [2.75, 3.05) is 20.1 Å². The lowest BCUT2D eigenvalue weighted by Gasteiger charge is -2.31. The maximum Gasteiger partial charge on any atom is 0.256 e. The maximum atomic E-state index is 13.7. The first-order chi connectivity index (χ1) is 8.59. The van der Waals surface area contributed by atoms with E-state index in [0.717, 1.165) is 25.9 Å². The van der Waals surface area contributed by atoms with Crippen LogP contribution in [0.2, 0.25) is 5.02 Å². The zero-order valence-electron chi connectivity index (χ0n) is 10.2. The first-order valence-electron chi connectivity index (χ1n) is 6.02. The lowest BCUT2D eigenvalue weighted by molar-refractivity contribution is 0.0698. The predicted octanol–water partition coefficient (Wildman–Crippen LogP) is 2.30. The molecule has 1 saturated heterocycles. The van der Waals surface area contributed by atoms with Gasteiger partial charge >= 0.3 is 0 Å². The van der Waals surface area contributed by atoms with Gasteiger partial charge in [-0.2, -0.15) is 0 Å². The minimum atomic E-state index is -0.562. The molecule has 5 heteroatoms. The van der Waals surface area contributed by atoms with Gasteiger partial charge < -0.3 is 10.2 Å². The van der Waals surface area contributed by atoms with E-state index in [1.807, 2.05) is 0 Å². The van der Waals surface area contributed by atoms with Gasteiger partial charge in [-0.3, -0.25) is 4.79 Å². The highest BCUT2D eigenvalue weighted by Gasteiger charge is 2.24. The third kappa shape index (κ3) is 2.82. The normalized spacial score (nSPS) is 16.6. The molecule has 0 unspecified atom stereocenters. The monoisotopic (exact) mass is 270 g/mol. The molecule has 1 N–H and O–H groups in total. The molecule has 1 fully saturated rings. The molecule has 98 valence electrons. The number of hydrogen-bond acceptors (Lipinski definition) is 2. The Morgan fingerprint density at radius 1 is 1.44 bits per heavy atom. The molecule has 0 aliphatic carbocycles. The van der Waals surface area contributed by atoms with Gasteiger partial charge in [-0.1, -0.05) is 11.6 Å². The lowest BCUT2D eigenvalue weighted by Crippen LogP contribution is -2.44. The minimum Gasteiger partial charge on any atom is -0.339 e. The number of nitrogens with one attached hydrogen (secondary N) is 1. The third-order valence-electron chi connectivity index (χ3n) is 3.34. The third-order valence-corrected chi connectivity index (χ3v) is 3.57. The second-order valence-corrected chi connectivity index (χ2v) is 4.96. The van der Waals surface area contributed by atoms with Gasteiger partial charge in [0.25, 0.3) is 5.91 Å². The standard InChI is InChI=1S/C13H16ClFN2O/c1-17(10-4-6-16-7-5-10)13(18)11-3-2-9(14)8-12(11)15/h2-3,8,10,16H,4-7H2,1H3. The molecular weight excluding hydrogens is 255 g/mol. The van der Waals surface area contributed by atoms with Crippen LogP contribution in [-0.2, 0) is 0 Å². The predicted molar refractivity (Wildman–Crippen MR) is 69.4 cm³/mol. The van der Waals surface area contributed by atoms with Gasteiger partial charge in [0.1, 0.15) is 5.82 Å². The summed E-state index contributed by atoms with van der Waals surface area (Å²) in [6.45, 7) is 1.79. The molecule has 0 radical (unpaired) electrons. The molecule has 1 aliphatic rings. The fraction of sp³-hybridized carbons (Fsp3) is 0.462. The first-order valence-corrected chi connectivity index (χ1v) is 6.40. The summed E-state index contributed by atoms with van der Waals surface area (Å²) in [6, 6.07) is 4.32. The molecule has 0 aromatic heterocycles. The van der Waals surface area contributed by atoms with Crippen LogP contribution in [0.4, 0.5) is 4.39 Å². The van der Waals surface area contributed by atoms with E-state index in [2.05, 4.69) is 5.32 Å². The number of piperidine rings is 1. The van der Waals surface area contributed by atoms with Crippen molar-refractivity contribution in [3.05, 3.63) is 34.6 Å². The number of nitrogens with zero attached hydrogens (tertiary/aromatic N) is 1. The Balaban J connectivity index is 2.14. The topological polar surface area (TPSA) is 32.3 Å². The molecule has 0 bridgehead atoms. The summed E-state index contributed by atoms with van der Waals surface area (Å²) in [5, 5.41) is 3.54. The summed E-state index contributed by atoms with van der Waals surface area (Å²) in [5.74, 6) is -0.843. The molecule has 1 aromatic rings. The van der Waals surface area contributed by atoms with Crippen LogP contribution in [0.25, 0.3) is 0 Å². The fourth-order valence-electron chi connectivity index (χ4n) is 2.21. The first kappa shape index (κ1) is 13.3. The van der Waals surface area contributed by atoms with Crippen LogP contribution in [0.1, 0.15) is 23.2 Å². The smallest absolute Gasteiger partial charge is 0.256 e. The van der Waals surface area contributed by atoms with Crippen molar-refractivity contribution in [3.63, 3.8) is 0 Å². The van der Waals surface area contributed by atoms with Gasteiger partial charge in [-0.15, -0.1) is 0 Å². The largest absolute Gasteiger partial charge is 0.339 e. The van der Waals surface area contributed by atoms with Crippen molar-refractivity contribution in [1.29, 1.82) is 0 Å². The van der Waals surface area contributed by atoms with E-state index in [4.69, 9.17) is 11.6 Å². The summed E-state index contributed by atoms with van der Waals surface area (Å²) in [7, 11) is 1.73. The molecule has 1 aliphatic heterocycles. The number of amides is 1. The van der Waals surface area contributed by atoms with Gasteiger partial charge in [0, 0.05) is 18.1 Å². The average Bonchev–Trinajstić information content (AvgIpc) is 2.38. The second kappa shape index (κ2) is 5.67. The molecule has 18 heavy (non-hydrogen) atoms. The fourth-order valence-corrected chi connectivity index (χ4v) is 2.37. The van der Waals surface area contributed by atoms with Crippen LogP contribution in [0, 0.1) is 5.82 Å². The molecule has 0 spiro atoms. The van der Waals surface area contributed by atoms with E-state index < -0.39 is 5.82 Å². The SMILES string of the molecule is CN(C(=O)c1ccc(Cl)cc1F)C1CCNCC1. The van der Waals surface area contributed by atoms with E-state index in [9.17, 15) is 9.18 Å². The molecule has 0 saturated carbocycles. The molecular formula is C13H16ClFN2O. The number of rotatable bonds is 2. The Morgan fingerprint density at radius 2 is 2.11 bits per heavy atom. The highest BCUT2D eigenvalue weighted by Crippen LogP contribution is 2.18. The van der Waals surface area contributed by atoms with Crippen LogP contribution in [0.5, 0.6) is 0 Å². The van der Waals surface area contributed by atoms with Crippen LogP contribution >= 0.6 is 11.6 Å². The van der Waals surface area contributed by atoms with Crippen LogP contribution < -0.4 is 5.32 Å². The molecule has 2 rings (SSSR count). The number of hydrogen-bond donors (Lipinski definition) is 1. The Bertz CT molecular complexity index is 447. The van der Waals surface area contributed by atoms with Gasteiger partial charge in [0.15, 0.2) is 0 Å². The molecule has 0 atom stereocenters. The number of carbonyl (C=O) groups excluding carboxylic acids is 1. The van der Waals surface area contributed by atoms with E-state index in [1.54, 1.807) is 11.9 Å². The van der Waals surface area contributed by atoms with Crippen LogP contribution in [0.3, 0.4) is 0 Å². The van der Waals surface area contributed by atoms with Crippen LogP contribution in [0.15, 0.2) is 18.2 Å². The molecule has 3 nitrogen and oxygen atoms in total. The Labute approximate surface area is 111 Å². The number of halogens is 2. The molecule has 1 aromatic carbocycles. The summed E-state index contributed by atoms with van der Waals surface area (Å²) in [6.07, 6.45) is 1.80.